The van der Waals surface area contributed by atoms with E-state index in [0.29, 0.717) is 11.3 Å². The second-order valence-electron chi connectivity index (χ2n) is 6.74. The number of hydrogen-bond acceptors (Lipinski definition) is 2. The first-order valence-corrected chi connectivity index (χ1v) is 8.35. The van der Waals surface area contributed by atoms with E-state index in [4.69, 9.17) is 4.74 Å². The van der Waals surface area contributed by atoms with Crippen molar-refractivity contribution in [2.75, 3.05) is 0 Å². The summed E-state index contributed by atoms with van der Waals surface area (Å²) in [5.74, 6) is 0.694. The molecule has 0 heterocycles. The summed E-state index contributed by atoms with van der Waals surface area (Å²) in [6.07, 6.45) is 0. The van der Waals surface area contributed by atoms with Gasteiger partial charge in [-0.25, -0.2) is 0 Å². The Hall–Kier alpha value is -1.77. The van der Waals surface area contributed by atoms with Gasteiger partial charge in [0, 0.05) is 5.56 Å². The Kier molecular flexibility index (Phi) is 8.66. The maximum absolute atomic E-state index is 12.3. The number of carbonyl (C=O) groups excluding carboxylic acids is 1. The van der Waals surface area contributed by atoms with Crippen molar-refractivity contribution < 1.29 is 9.53 Å². The van der Waals surface area contributed by atoms with Gasteiger partial charge in [-0.3, -0.25) is 4.79 Å². The van der Waals surface area contributed by atoms with Gasteiger partial charge >= 0.3 is 0 Å². The zero-order valence-corrected chi connectivity index (χ0v) is 16.0. The largest absolute Gasteiger partial charge is 0.491 e. The van der Waals surface area contributed by atoms with Gasteiger partial charge < -0.3 is 10.1 Å². The van der Waals surface area contributed by atoms with Crippen molar-refractivity contribution in [3.05, 3.63) is 47.7 Å². The summed E-state index contributed by atoms with van der Waals surface area (Å²) in [4.78, 5) is 12.3. The fourth-order valence-corrected chi connectivity index (χ4v) is 2.01. The molecule has 0 radical (unpaired) electrons. The zero-order chi connectivity index (χ0) is 18.2. The van der Waals surface area contributed by atoms with Gasteiger partial charge in [0.05, 0.1) is 6.04 Å². The van der Waals surface area contributed by atoms with E-state index in [1.54, 1.807) is 0 Å². The van der Waals surface area contributed by atoms with Gasteiger partial charge in [0.2, 0.25) is 0 Å². The molecule has 1 N–H and O–H groups in total. The Morgan fingerprint density at radius 1 is 1.13 bits per heavy atom. The van der Waals surface area contributed by atoms with Crippen LogP contribution in [0, 0.1) is 12.8 Å². The summed E-state index contributed by atoms with van der Waals surface area (Å²) in [5, 5.41) is 3.01. The van der Waals surface area contributed by atoms with E-state index >= 15 is 0 Å². The zero-order valence-electron chi connectivity index (χ0n) is 16.0. The van der Waals surface area contributed by atoms with Crippen LogP contribution in [0.1, 0.15) is 64.4 Å². The predicted molar refractivity (Wildman–Crippen MR) is 98.6 cm³/mol. The molecule has 0 aliphatic heterocycles. The number of benzene rings is 1. The molecule has 23 heavy (non-hydrogen) atoms. The smallest absolute Gasteiger partial charge is 0.251 e. The highest BCUT2D eigenvalue weighted by Crippen LogP contribution is 2.19. The minimum atomic E-state index is -0.321. The molecular formula is C20H33NO2. The Labute approximate surface area is 142 Å². The van der Waals surface area contributed by atoms with Crippen LogP contribution >= 0.6 is 0 Å². The SMILES string of the molecule is C=C(OC(C)(C)C)C(NC(=O)c1ccc(C)cc1)C(C)C.CC. The molecule has 0 aromatic heterocycles. The van der Waals surface area contributed by atoms with Crippen LogP contribution in [0.25, 0.3) is 0 Å². The monoisotopic (exact) mass is 319 g/mol. The van der Waals surface area contributed by atoms with E-state index in [9.17, 15) is 4.79 Å². The molecular weight excluding hydrogens is 286 g/mol. The highest BCUT2D eigenvalue weighted by atomic mass is 16.5. The van der Waals surface area contributed by atoms with Crippen LogP contribution < -0.4 is 5.32 Å². The van der Waals surface area contributed by atoms with Gasteiger partial charge in [-0.15, -0.1) is 0 Å². The summed E-state index contributed by atoms with van der Waals surface area (Å²) < 4.78 is 5.81. The number of carbonyl (C=O) groups is 1. The van der Waals surface area contributed by atoms with Gasteiger partial charge in [-0.05, 0) is 45.7 Å². The fourth-order valence-electron chi connectivity index (χ4n) is 2.01. The molecule has 1 rings (SSSR count). The van der Waals surface area contributed by atoms with Gasteiger partial charge in [-0.2, -0.15) is 0 Å². The molecule has 1 aromatic rings. The van der Waals surface area contributed by atoms with Crippen molar-refractivity contribution in [1.29, 1.82) is 0 Å². The number of amides is 1. The lowest BCUT2D eigenvalue weighted by Gasteiger charge is -2.30. The second kappa shape index (κ2) is 9.39. The van der Waals surface area contributed by atoms with Crippen molar-refractivity contribution in [3.8, 4) is 0 Å². The van der Waals surface area contributed by atoms with E-state index in [2.05, 4.69) is 11.9 Å². The molecule has 0 saturated carbocycles. The van der Waals surface area contributed by atoms with Gasteiger partial charge in [0.1, 0.15) is 11.4 Å². The quantitative estimate of drug-likeness (QED) is 0.766. The van der Waals surface area contributed by atoms with Crippen molar-refractivity contribution in [3.63, 3.8) is 0 Å². The lowest BCUT2D eigenvalue weighted by Crippen LogP contribution is -2.41. The molecule has 0 spiro atoms. The summed E-state index contributed by atoms with van der Waals surface area (Å²) >= 11 is 0. The Bertz CT molecular complexity index is 495. The number of nitrogens with one attached hydrogen (secondary N) is 1. The summed E-state index contributed by atoms with van der Waals surface area (Å²) in [7, 11) is 0. The number of hydrogen-bond donors (Lipinski definition) is 1. The van der Waals surface area contributed by atoms with Crippen LogP contribution in [0.15, 0.2) is 36.6 Å². The maximum atomic E-state index is 12.3. The first-order valence-electron chi connectivity index (χ1n) is 8.35. The third kappa shape index (κ3) is 7.87. The Morgan fingerprint density at radius 3 is 2.00 bits per heavy atom. The normalized spacial score (nSPS) is 12.0. The second-order valence-corrected chi connectivity index (χ2v) is 6.74. The number of aryl methyl sites for hydroxylation is 1. The lowest BCUT2D eigenvalue weighted by atomic mass is 10.0. The summed E-state index contributed by atoms with van der Waals surface area (Å²) in [6.45, 7) is 20.0. The summed E-state index contributed by atoms with van der Waals surface area (Å²) in [6, 6.07) is 7.31. The van der Waals surface area contributed by atoms with Crippen molar-refractivity contribution >= 4 is 5.91 Å². The van der Waals surface area contributed by atoms with E-state index < -0.39 is 0 Å². The van der Waals surface area contributed by atoms with E-state index in [1.807, 2.05) is 79.7 Å². The molecule has 1 atom stereocenters. The van der Waals surface area contributed by atoms with Crippen molar-refractivity contribution in [2.45, 2.75) is 67.0 Å². The van der Waals surface area contributed by atoms with E-state index in [1.165, 1.54) is 0 Å². The molecule has 130 valence electrons. The standard InChI is InChI=1S/C18H27NO2.C2H6/c1-12(2)16(14(4)21-18(5,6)7)19-17(20)15-10-8-13(3)9-11-15;1-2/h8-12,16H,4H2,1-3,5-7H3,(H,19,20);1-2H3. The molecule has 3 heteroatoms. The highest BCUT2D eigenvalue weighted by molar-refractivity contribution is 5.94. The molecule has 1 amide bonds. The minimum absolute atomic E-state index is 0.104. The molecule has 1 aromatic carbocycles. The van der Waals surface area contributed by atoms with Gasteiger partial charge in [0.25, 0.3) is 5.91 Å². The summed E-state index contributed by atoms with van der Waals surface area (Å²) in [5.41, 5.74) is 1.46. The van der Waals surface area contributed by atoms with Gasteiger partial charge in [-0.1, -0.05) is 52.0 Å². The van der Waals surface area contributed by atoms with E-state index in [0.717, 1.165) is 5.56 Å². The van der Waals surface area contributed by atoms with Crippen LogP contribution in [0.4, 0.5) is 0 Å². The molecule has 1 unspecified atom stereocenters. The third-order valence-corrected chi connectivity index (χ3v) is 3.05. The molecule has 0 aliphatic rings. The molecule has 0 bridgehead atoms. The Morgan fingerprint density at radius 2 is 1.61 bits per heavy atom. The highest BCUT2D eigenvalue weighted by Gasteiger charge is 2.24. The lowest BCUT2D eigenvalue weighted by molar-refractivity contribution is 0.0344. The topological polar surface area (TPSA) is 38.3 Å². The molecule has 0 saturated heterocycles. The first kappa shape index (κ1) is 21.2. The molecule has 0 aliphatic carbocycles. The van der Waals surface area contributed by atoms with Crippen LogP contribution in [0.2, 0.25) is 0 Å². The molecule has 0 fully saturated rings. The predicted octanol–water partition coefficient (Wildman–Crippen LogP) is 5.10. The number of ether oxygens (including phenoxy) is 1. The van der Waals surface area contributed by atoms with Gasteiger partial charge in [0.15, 0.2) is 0 Å². The third-order valence-electron chi connectivity index (χ3n) is 3.05. The molecule has 3 nitrogen and oxygen atoms in total. The minimum Gasteiger partial charge on any atom is -0.491 e. The maximum Gasteiger partial charge on any atom is 0.251 e. The van der Waals surface area contributed by atoms with Crippen LogP contribution in [0.5, 0.6) is 0 Å². The fraction of sp³-hybridized carbons (Fsp3) is 0.550. The van der Waals surface area contributed by atoms with Crippen molar-refractivity contribution in [2.24, 2.45) is 5.92 Å². The first-order chi connectivity index (χ1) is 10.6. The Balaban J connectivity index is 0.00000232. The number of rotatable bonds is 5. The van der Waals surface area contributed by atoms with E-state index in [-0.39, 0.29) is 23.5 Å². The average molecular weight is 319 g/mol. The van der Waals surface area contributed by atoms with Crippen LogP contribution in [0.3, 0.4) is 0 Å². The van der Waals surface area contributed by atoms with Crippen LogP contribution in [-0.4, -0.2) is 17.6 Å². The average Bonchev–Trinajstić information content (AvgIpc) is 2.45. The van der Waals surface area contributed by atoms with Crippen LogP contribution in [-0.2, 0) is 4.74 Å². The van der Waals surface area contributed by atoms with Crippen molar-refractivity contribution in [1.82, 2.24) is 5.32 Å².